The molecular formula is C13H23NO2. The molecule has 0 saturated carbocycles. The van der Waals surface area contributed by atoms with Gasteiger partial charge in [0.1, 0.15) is 0 Å². The van der Waals surface area contributed by atoms with Crippen LogP contribution in [0.4, 0.5) is 0 Å². The number of hydrogen-bond donors (Lipinski definition) is 1. The summed E-state index contributed by atoms with van der Waals surface area (Å²) in [5, 5.41) is 9.95. The Bertz CT molecular complexity index is 316. The van der Waals surface area contributed by atoms with Crippen molar-refractivity contribution in [2.75, 3.05) is 0 Å². The van der Waals surface area contributed by atoms with Crippen LogP contribution >= 0.6 is 0 Å². The lowest BCUT2D eigenvalue weighted by Gasteiger charge is -2.33. The van der Waals surface area contributed by atoms with E-state index in [1.54, 1.807) is 4.90 Å². The van der Waals surface area contributed by atoms with Gasteiger partial charge in [0.2, 0.25) is 0 Å². The van der Waals surface area contributed by atoms with Crippen LogP contribution in [-0.4, -0.2) is 28.0 Å². The molecule has 1 heterocycles. The smallest absolute Gasteiger partial charge is 0.289 e. The SMILES string of the molecule is CC(C)C1=C(O)C(=O)N(C(C)C)C1C(C)C. The minimum atomic E-state index is -0.211. The van der Waals surface area contributed by atoms with E-state index in [9.17, 15) is 9.90 Å². The van der Waals surface area contributed by atoms with Crippen molar-refractivity contribution in [1.29, 1.82) is 0 Å². The number of nitrogens with zero attached hydrogens (tertiary/aromatic N) is 1. The Morgan fingerprint density at radius 1 is 1.12 bits per heavy atom. The summed E-state index contributed by atoms with van der Waals surface area (Å²) in [5.41, 5.74) is 0.897. The van der Waals surface area contributed by atoms with Gasteiger partial charge in [-0.3, -0.25) is 4.79 Å². The highest BCUT2D eigenvalue weighted by Gasteiger charge is 2.42. The van der Waals surface area contributed by atoms with Gasteiger partial charge in [-0.05, 0) is 25.7 Å². The summed E-state index contributed by atoms with van der Waals surface area (Å²) in [5.74, 6) is 0.299. The van der Waals surface area contributed by atoms with Crippen LogP contribution in [0.3, 0.4) is 0 Å². The summed E-state index contributed by atoms with van der Waals surface area (Å²) in [6.45, 7) is 12.2. The minimum absolute atomic E-state index is 0.0256. The maximum Gasteiger partial charge on any atom is 0.289 e. The topological polar surface area (TPSA) is 40.5 Å². The second-order valence-corrected chi connectivity index (χ2v) is 5.45. The minimum Gasteiger partial charge on any atom is -0.503 e. The maximum atomic E-state index is 12.0. The van der Waals surface area contributed by atoms with Gasteiger partial charge in [0.25, 0.3) is 5.91 Å². The normalized spacial score (nSPS) is 22.2. The number of carbonyl (C=O) groups is 1. The van der Waals surface area contributed by atoms with Crippen molar-refractivity contribution in [3.8, 4) is 0 Å². The van der Waals surface area contributed by atoms with Gasteiger partial charge in [-0.1, -0.05) is 27.7 Å². The van der Waals surface area contributed by atoms with Gasteiger partial charge >= 0.3 is 0 Å². The average Bonchev–Trinajstić information content (AvgIpc) is 2.39. The molecule has 16 heavy (non-hydrogen) atoms. The van der Waals surface area contributed by atoms with E-state index in [4.69, 9.17) is 0 Å². The number of hydrogen-bond acceptors (Lipinski definition) is 2. The van der Waals surface area contributed by atoms with Gasteiger partial charge in [0, 0.05) is 11.6 Å². The van der Waals surface area contributed by atoms with E-state index >= 15 is 0 Å². The Balaban J connectivity index is 3.19. The molecule has 0 aromatic carbocycles. The predicted octanol–water partition coefficient (Wildman–Crippen LogP) is 2.73. The van der Waals surface area contributed by atoms with E-state index in [1.165, 1.54) is 0 Å². The average molecular weight is 225 g/mol. The van der Waals surface area contributed by atoms with Crippen LogP contribution in [-0.2, 0) is 4.79 Å². The quantitative estimate of drug-likeness (QED) is 0.802. The fraction of sp³-hybridized carbons (Fsp3) is 0.769. The van der Waals surface area contributed by atoms with Crippen molar-refractivity contribution < 1.29 is 9.90 Å². The van der Waals surface area contributed by atoms with E-state index in [0.29, 0.717) is 5.92 Å². The molecule has 1 atom stereocenters. The molecule has 0 aromatic rings. The molecule has 0 spiro atoms. The highest BCUT2D eigenvalue weighted by molar-refractivity contribution is 5.95. The van der Waals surface area contributed by atoms with Crippen molar-refractivity contribution in [1.82, 2.24) is 4.90 Å². The number of carbonyl (C=O) groups excluding carboxylic acids is 1. The van der Waals surface area contributed by atoms with Gasteiger partial charge in [-0.2, -0.15) is 0 Å². The van der Waals surface area contributed by atoms with Gasteiger partial charge in [0.05, 0.1) is 6.04 Å². The van der Waals surface area contributed by atoms with Crippen molar-refractivity contribution in [2.45, 2.75) is 53.6 Å². The molecule has 0 saturated heterocycles. The molecule has 1 aliphatic rings. The molecular weight excluding hydrogens is 202 g/mol. The molecule has 3 nitrogen and oxygen atoms in total. The zero-order valence-corrected chi connectivity index (χ0v) is 11.1. The van der Waals surface area contributed by atoms with Crippen molar-refractivity contribution in [3.63, 3.8) is 0 Å². The predicted molar refractivity (Wildman–Crippen MR) is 65.1 cm³/mol. The summed E-state index contributed by atoms with van der Waals surface area (Å²) in [6, 6.07) is 0.172. The van der Waals surface area contributed by atoms with E-state index in [2.05, 4.69) is 13.8 Å². The Hall–Kier alpha value is -0.990. The van der Waals surface area contributed by atoms with Crippen molar-refractivity contribution in [2.24, 2.45) is 11.8 Å². The summed E-state index contributed by atoms with van der Waals surface area (Å²) in [6.07, 6.45) is 0. The molecule has 0 radical (unpaired) electrons. The monoisotopic (exact) mass is 225 g/mol. The number of rotatable bonds is 3. The van der Waals surface area contributed by atoms with Crippen LogP contribution in [0.2, 0.25) is 0 Å². The molecule has 0 aliphatic carbocycles. The van der Waals surface area contributed by atoms with Gasteiger partial charge in [-0.25, -0.2) is 0 Å². The van der Waals surface area contributed by atoms with Crippen LogP contribution in [0.5, 0.6) is 0 Å². The Morgan fingerprint density at radius 2 is 1.62 bits per heavy atom. The molecule has 1 unspecified atom stereocenters. The largest absolute Gasteiger partial charge is 0.503 e. The second-order valence-electron chi connectivity index (χ2n) is 5.45. The lowest BCUT2D eigenvalue weighted by atomic mass is 9.89. The van der Waals surface area contributed by atoms with Crippen LogP contribution in [0.25, 0.3) is 0 Å². The third-order valence-corrected chi connectivity index (χ3v) is 3.14. The highest BCUT2D eigenvalue weighted by atomic mass is 16.3. The Kier molecular flexibility index (Phi) is 3.66. The van der Waals surface area contributed by atoms with Crippen LogP contribution < -0.4 is 0 Å². The first kappa shape index (κ1) is 13.1. The zero-order valence-electron chi connectivity index (χ0n) is 11.1. The lowest BCUT2D eigenvalue weighted by Crippen LogP contribution is -2.44. The molecule has 3 heteroatoms. The van der Waals surface area contributed by atoms with E-state index in [1.807, 2.05) is 27.7 Å². The van der Waals surface area contributed by atoms with Crippen LogP contribution in [0, 0.1) is 11.8 Å². The molecule has 0 bridgehead atoms. The molecule has 0 aromatic heterocycles. The van der Waals surface area contributed by atoms with Gasteiger partial charge in [0.15, 0.2) is 5.76 Å². The first-order valence-corrected chi connectivity index (χ1v) is 6.04. The third-order valence-electron chi connectivity index (χ3n) is 3.14. The van der Waals surface area contributed by atoms with Crippen LogP contribution in [0.15, 0.2) is 11.3 Å². The van der Waals surface area contributed by atoms with E-state index in [-0.39, 0.29) is 29.7 Å². The Labute approximate surface area is 98.1 Å². The molecule has 0 fully saturated rings. The van der Waals surface area contributed by atoms with Crippen molar-refractivity contribution >= 4 is 5.91 Å². The summed E-state index contributed by atoms with van der Waals surface area (Å²) >= 11 is 0. The standard InChI is InChI=1S/C13H23NO2/c1-7(2)10-11(8(3)4)14(9(5)6)13(16)12(10)15/h7-9,11,15H,1-6H3. The number of aliphatic hydroxyl groups is 1. The fourth-order valence-corrected chi connectivity index (χ4v) is 2.51. The summed E-state index contributed by atoms with van der Waals surface area (Å²) in [4.78, 5) is 13.8. The molecule has 1 amide bonds. The number of amides is 1. The van der Waals surface area contributed by atoms with Crippen LogP contribution in [0.1, 0.15) is 41.5 Å². The summed E-state index contributed by atoms with van der Waals surface area (Å²) < 4.78 is 0. The highest BCUT2D eigenvalue weighted by Crippen LogP contribution is 2.35. The number of aliphatic hydroxyl groups excluding tert-OH is 1. The van der Waals surface area contributed by atoms with Gasteiger partial charge < -0.3 is 10.0 Å². The third kappa shape index (κ3) is 1.95. The van der Waals surface area contributed by atoms with E-state index in [0.717, 1.165) is 5.57 Å². The summed E-state index contributed by atoms with van der Waals surface area (Å²) in [7, 11) is 0. The van der Waals surface area contributed by atoms with E-state index < -0.39 is 0 Å². The molecule has 1 aliphatic heterocycles. The van der Waals surface area contributed by atoms with Crippen molar-refractivity contribution in [3.05, 3.63) is 11.3 Å². The molecule has 1 N–H and O–H groups in total. The first-order valence-electron chi connectivity index (χ1n) is 6.04. The second kappa shape index (κ2) is 4.48. The fourth-order valence-electron chi connectivity index (χ4n) is 2.51. The van der Waals surface area contributed by atoms with Gasteiger partial charge in [-0.15, -0.1) is 0 Å². The zero-order chi connectivity index (χ0) is 12.6. The Morgan fingerprint density at radius 3 is 1.94 bits per heavy atom. The molecule has 1 rings (SSSR count). The first-order chi connectivity index (χ1) is 7.29. The maximum absolute atomic E-state index is 12.0. The lowest BCUT2D eigenvalue weighted by molar-refractivity contribution is -0.131. The molecule has 92 valence electrons.